The lowest BCUT2D eigenvalue weighted by Gasteiger charge is -2.20. The van der Waals surface area contributed by atoms with Crippen molar-refractivity contribution in [3.05, 3.63) is 28.6 Å². The van der Waals surface area contributed by atoms with E-state index in [-0.39, 0.29) is 11.0 Å². The molecular weight excluding hydrogens is 254 g/mol. The fraction of sp³-hybridized carbons (Fsp3) is 0.400. The third-order valence-electron chi connectivity index (χ3n) is 3.73. The molecule has 1 aromatic heterocycles. The Balaban J connectivity index is 2.34. The molecule has 0 atom stereocenters. The van der Waals surface area contributed by atoms with Gasteiger partial charge in [0.1, 0.15) is 0 Å². The number of rotatable bonds is 0. The van der Waals surface area contributed by atoms with Crippen LogP contribution < -0.4 is 21.3 Å². The zero-order valence-electron chi connectivity index (χ0n) is 12.0. The highest BCUT2D eigenvalue weighted by Gasteiger charge is 2.27. The fourth-order valence-electron chi connectivity index (χ4n) is 2.49. The first-order chi connectivity index (χ1) is 9.39. The van der Waals surface area contributed by atoms with Crippen molar-refractivity contribution >= 4 is 22.3 Å². The third-order valence-corrected chi connectivity index (χ3v) is 3.73. The number of anilines is 2. The third kappa shape index (κ3) is 1.90. The molecule has 2 heterocycles. The Bertz CT molecular complexity index is 747. The summed E-state index contributed by atoms with van der Waals surface area (Å²) in [7, 11) is 1.75. The van der Waals surface area contributed by atoms with E-state index in [1.165, 1.54) is 0 Å². The molecule has 3 N–H and O–H groups in total. The molecule has 0 aliphatic carbocycles. The molecule has 0 radical (unpaired) electrons. The molecule has 0 unspecified atom stereocenters. The summed E-state index contributed by atoms with van der Waals surface area (Å²) in [4.78, 5) is 12.4. The van der Waals surface area contributed by atoms with Crippen LogP contribution in [0.15, 0.2) is 23.0 Å². The van der Waals surface area contributed by atoms with E-state index < -0.39 is 0 Å². The molecule has 106 valence electrons. The van der Waals surface area contributed by atoms with E-state index in [9.17, 15) is 4.79 Å². The van der Waals surface area contributed by atoms with Crippen molar-refractivity contribution in [2.45, 2.75) is 13.8 Å². The van der Waals surface area contributed by atoms with E-state index in [1.54, 1.807) is 17.7 Å². The number of hydrogen-bond donors (Lipinski definition) is 2. The summed E-state index contributed by atoms with van der Waals surface area (Å²) in [5.41, 5.74) is 7.99. The Kier molecular flexibility index (Phi) is 2.67. The van der Waals surface area contributed by atoms with E-state index in [4.69, 9.17) is 10.5 Å². The van der Waals surface area contributed by atoms with Crippen molar-refractivity contribution in [1.29, 1.82) is 0 Å². The van der Waals surface area contributed by atoms with E-state index in [0.717, 1.165) is 23.1 Å². The lowest BCUT2D eigenvalue weighted by Crippen LogP contribution is -2.27. The molecule has 0 saturated carbocycles. The quantitative estimate of drug-likeness (QED) is 0.720. The second-order valence-electron chi connectivity index (χ2n) is 6.15. The summed E-state index contributed by atoms with van der Waals surface area (Å²) in [6, 6.07) is 5.54. The number of nitrogens with one attached hydrogen (secondary N) is 1. The van der Waals surface area contributed by atoms with E-state index in [1.807, 2.05) is 12.1 Å². The predicted octanol–water partition coefficient (Wildman–Crippen LogP) is 1.95. The van der Waals surface area contributed by atoms with Crippen molar-refractivity contribution in [3.63, 3.8) is 0 Å². The topological polar surface area (TPSA) is 69.3 Å². The maximum atomic E-state index is 12.4. The molecule has 5 heteroatoms. The van der Waals surface area contributed by atoms with Crippen LogP contribution in [0.4, 0.5) is 11.4 Å². The first kappa shape index (κ1) is 12.8. The highest BCUT2D eigenvalue weighted by atomic mass is 16.5. The Morgan fingerprint density at radius 1 is 1.40 bits per heavy atom. The van der Waals surface area contributed by atoms with Crippen molar-refractivity contribution in [3.8, 4) is 5.75 Å². The Hall–Kier alpha value is -2.17. The number of pyridine rings is 1. The number of ether oxygens (including phenoxy) is 1. The predicted molar refractivity (Wildman–Crippen MR) is 81.4 cm³/mol. The number of aryl methyl sites for hydroxylation is 1. The minimum absolute atomic E-state index is 0.0311. The number of nitrogens with two attached hydrogens (primary N) is 1. The van der Waals surface area contributed by atoms with Gasteiger partial charge in [-0.1, -0.05) is 13.8 Å². The second kappa shape index (κ2) is 4.16. The maximum absolute atomic E-state index is 12.4. The minimum Gasteiger partial charge on any atom is -0.486 e. The highest BCUT2D eigenvalue weighted by molar-refractivity contribution is 5.96. The standard InChI is InChI=1S/C15H19N3O2/c1-15(2)7-17-12-10-6-9(16)4-5-11(10)18(3)14(19)13(12)20-8-15/h4-6,17H,7-8,16H2,1-3H3. The van der Waals surface area contributed by atoms with Crippen LogP contribution in [0, 0.1) is 5.41 Å². The SMILES string of the molecule is Cn1c(=O)c2c(c3cc(N)ccc31)NCC(C)(C)CO2. The van der Waals surface area contributed by atoms with Crippen LogP contribution in [-0.2, 0) is 7.05 Å². The van der Waals surface area contributed by atoms with Gasteiger partial charge >= 0.3 is 0 Å². The maximum Gasteiger partial charge on any atom is 0.295 e. The van der Waals surface area contributed by atoms with Crippen LogP contribution in [0.5, 0.6) is 5.75 Å². The van der Waals surface area contributed by atoms with Crippen LogP contribution in [0.25, 0.3) is 10.9 Å². The lowest BCUT2D eigenvalue weighted by molar-refractivity contribution is 0.197. The normalized spacial score (nSPS) is 16.9. The molecule has 3 rings (SSSR count). The molecule has 2 aromatic rings. The van der Waals surface area contributed by atoms with Crippen LogP contribution in [0.1, 0.15) is 13.8 Å². The Morgan fingerprint density at radius 2 is 2.15 bits per heavy atom. The second-order valence-corrected chi connectivity index (χ2v) is 6.15. The van der Waals surface area contributed by atoms with Gasteiger partial charge in [-0.2, -0.15) is 0 Å². The molecule has 0 spiro atoms. The average Bonchev–Trinajstić information content (AvgIpc) is 2.55. The molecule has 1 aliphatic rings. The Labute approximate surface area is 117 Å². The number of benzene rings is 1. The smallest absolute Gasteiger partial charge is 0.295 e. The van der Waals surface area contributed by atoms with Crippen molar-refractivity contribution in [2.24, 2.45) is 12.5 Å². The summed E-state index contributed by atoms with van der Waals surface area (Å²) >= 11 is 0. The first-order valence-corrected chi connectivity index (χ1v) is 6.68. The summed E-state index contributed by atoms with van der Waals surface area (Å²) in [6.07, 6.45) is 0. The molecule has 0 saturated heterocycles. The summed E-state index contributed by atoms with van der Waals surface area (Å²) < 4.78 is 7.39. The number of fused-ring (bicyclic) bond motifs is 3. The zero-order chi connectivity index (χ0) is 14.5. The van der Waals surface area contributed by atoms with Gasteiger partial charge in [-0.05, 0) is 18.2 Å². The highest BCUT2D eigenvalue weighted by Crippen LogP contribution is 2.35. The molecule has 20 heavy (non-hydrogen) atoms. The number of nitrogens with zero attached hydrogens (tertiary/aromatic N) is 1. The molecular formula is C15H19N3O2. The van der Waals surface area contributed by atoms with Crippen LogP contribution in [0.3, 0.4) is 0 Å². The summed E-state index contributed by atoms with van der Waals surface area (Å²) in [5.74, 6) is 0.385. The first-order valence-electron chi connectivity index (χ1n) is 6.68. The average molecular weight is 273 g/mol. The minimum atomic E-state index is -0.123. The Morgan fingerprint density at radius 3 is 2.90 bits per heavy atom. The fourth-order valence-corrected chi connectivity index (χ4v) is 2.49. The van der Waals surface area contributed by atoms with Gasteiger partial charge in [-0.25, -0.2) is 0 Å². The van der Waals surface area contributed by atoms with E-state index in [0.29, 0.717) is 18.0 Å². The molecule has 0 fully saturated rings. The number of hydrogen-bond acceptors (Lipinski definition) is 4. The molecule has 1 aromatic carbocycles. The summed E-state index contributed by atoms with van der Waals surface area (Å²) in [5, 5.41) is 4.28. The molecule has 0 amide bonds. The van der Waals surface area contributed by atoms with Crippen molar-refractivity contribution in [1.82, 2.24) is 4.57 Å². The van der Waals surface area contributed by atoms with Crippen LogP contribution in [-0.4, -0.2) is 17.7 Å². The van der Waals surface area contributed by atoms with Gasteiger partial charge in [0.05, 0.1) is 17.8 Å². The van der Waals surface area contributed by atoms with Crippen molar-refractivity contribution < 1.29 is 4.74 Å². The lowest BCUT2D eigenvalue weighted by atomic mass is 9.95. The number of nitrogen functional groups attached to an aromatic ring is 1. The van der Waals surface area contributed by atoms with Crippen LogP contribution >= 0.6 is 0 Å². The van der Waals surface area contributed by atoms with Crippen LogP contribution in [0.2, 0.25) is 0 Å². The van der Waals surface area contributed by atoms with Gasteiger partial charge in [0, 0.05) is 30.1 Å². The van der Waals surface area contributed by atoms with Crippen molar-refractivity contribution in [2.75, 3.05) is 24.2 Å². The molecule has 0 bridgehead atoms. The number of aromatic nitrogens is 1. The summed E-state index contributed by atoms with van der Waals surface area (Å²) in [6.45, 7) is 5.47. The van der Waals surface area contributed by atoms with Gasteiger partial charge in [0.2, 0.25) is 5.75 Å². The molecule has 1 aliphatic heterocycles. The van der Waals surface area contributed by atoms with Gasteiger partial charge < -0.3 is 20.4 Å². The van der Waals surface area contributed by atoms with E-state index in [2.05, 4.69) is 19.2 Å². The van der Waals surface area contributed by atoms with Gasteiger partial charge in [0.25, 0.3) is 5.56 Å². The van der Waals surface area contributed by atoms with Gasteiger partial charge in [0.15, 0.2) is 0 Å². The van der Waals surface area contributed by atoms with E-state index >= 15 is 0 Å². The molecule has 5 nitrogen and oxygen atoms in total. The zero-order valence-corrected chi connectivity index (χ0v) is 12.0. The largest absolute Gasteiger partial charge is 0.486 e. The van der Waals surface area contributed by atoms with Gasteiger partial charge in [-0.15, -0.1) is 0 Å². The van der Waals surface area contributed by atoms with Gasteiger partial charge in [-0.3, -0.25) is 4.79 Å². The monoisotopic (exact) mass is 273 g/mol.